The summed E-state index contributed by atoms with van der Waals surface area (Å²) >= 11 is 0. The molecule has 0 aliphatic carbocycles. The second-order valence-electron chi connectivity index (χ2n) is 2.88. The third kappa shape index (κ3) is 2.20. The van der Waals surface area contributed by atoms with Gasteiger partial charge >= 0.3 is 5.97 Å². The molecule has 0 bridgehead atoms. The van der Waals surface area contributed by atoms with Gasteiger partial charge < -0.3 is 10.4 Å². The van der Waals surface area contributed by atoms with Gasteiger partial charge in [-0.3, -0.25) is 14.9 Å². The van der Waals surface area contributed by atoms with Crippen LogP contribution in [0.2, 0.25) is 0 Å². The SMILES string of the molecule is C[C@@H]1NC(CCC(=O)O)NC1=O. The number of amides is 1. The molecule has 1 fully saturated rings. The van der Waals surface area contributed by atoms with Gasteiger partial charge in [-0.25, -0.2) is 0 Å². The van der Waals surface area contributed by atoms with E-state index in [9.17, 15) is 9.59 Å². The highest BCUT2D eigenvalue weighted by Gasteiger charge is 2.26. The quantitative estimate of drug-likeness (QED) is 0.525. The predicted octanol–water partition coefficient (Wildman–Crippen LogP) is -0.715. The van der Waals surface area contributed by atoms with Crippen LogP contribution in [0.5, 0.6) is 0 Å². The van der Waals surface area contributed by atoms with E-state index < -0.39 is 5.97 Å². The molecule has 1 saturated heterocycles. The van der Waals surface area contributed by atoms with Crippen molar-refractivity contribution in [3.63, 3.8) is 0 Å². The predicted molar refractivity (Wildman–Crippen MR) is 41.4 cm³/mol. The Hall–Kier alpha value is -1.10. The Morgan fingerprint density at radius 3 is 2.75 bits per heavy atom. The van der Waals surface area contributed by atoms with E-state index in [0.717, 1.165) is 0 Å². The van der Waals surface area contributed by atoms with Crippen LogP contribution in [-0.2, 0) is 9.59 Å². The Morgan fingerprint density at radius 1 is 1.67 bits per heavy atom. The van der Waals surface area contributed by atoms with E-state index in [4.69, 9.17) is 5.11 Å². The summed E-state index contributed by atoms with van der Waals surface area (Å²) < 4.78 is 0. The maximum Gasteiger partial charge on any atom is 0.303 e. The number of nitrogens with one attached hydrogen (secondary N) is 2. The number of hydrogen-bond acceptors (Lipinski definition) is 3. The van der Waals surface area contributed by atoms with Crippen molar-refractivity contribution in [3.8, 4) is 0 Å². The van der Waals surface area contributed by atoms with Crippen LogP contribution in [-0.4, -0.2) is 29.2 Å². The van der Waals surface area contributed by atoms with Crippen molar-refractivity contribution >= 4 is 11.9 Å². The summed E-state index contributed by atoms with van der Waals surface area (Å²) in [7, 11) is 0. The highest BCUT2D eigenvalue weighted by Crippen LogP contribution is 2.02. The summed E-state index contributed by atoms with van der Waals surface area (Å²) in [5.41, 5.74) is 0. The first-order chi connectivity index (χ1) is 5.59. The summed E-state index contributed by atoms with van der Waals surface area (Å²) in [6.07, 6.45) is 0.333. The molecule has 1 unspecified atom stereocenters. The zero-order valence-corrected chi connectivity index (χ0v) is 6.83. The van der Waals surface area contributed by atoms with E-state index in [0.29, 0.717) is 6.42 Å². The fourth-order valence-corrected chi connectivity index (χ4v) is 1.14. The minimum absolute atomic E-state index is 0.0645. The molecule has 68 valence electrons. The van der Waals surface area contributed by atoms with Gasteiger partial charge in [0.2, 0.25) is 5.91 Å². The highest BCUT2D eigenvalue weighted by molar-refractivity contribution is 5.83. The van der Waals surface area contributed by atoms with Crippen LogP contribution >= 0.6 is 0 Å². The molecule has 0 saturated carbocycles. The first kappa shape index (κ1) is 8.99. The van der Waals surface area contributed by atoms with Gasteiger partial charge in [0.05, 0.1) is 12.2 Å². The maximum absolute atomic E-state index is 10.9. The van der Waals surface area contributed by atoms with Gasteiger partial charge in [0.25, 0.3) is 0 Å². The molecular formula is C7H12N2O3. The van der Waals surface area contributed by atoms with Crippen LogP contribution in [0.3, 0.4) is 0 Å². The fourth-order valence-electron chi connectivity index (χ4n) is 1.14. The molecule has 0 aromatic carbocycles. The summed E-state index contributed by atoms with van der Waals surface area (Å²) in [5, 5.41) is 13.9. The zero-order chi connectivity index (χ0) is 9.14. The maximum atomic E-state index is 10.9. The third-order valence-electron chi connectivity index (χ3n) is 1.81. The molecule has 12 heavy (non-hydrogen) atoms. The first-order valence-corrected chi connectivity index (χ1v) is 3.88. The number of carbonyl (C=O) groups is 2. The van der Waals surface area contributed by atoms with Crippen LogP contribution in [0, 0.1) is 0 Å². The van der Waals surface area contributed by atoms with Crippen molar-refractivity contribution in [2.24, 2.45) is 0 Å². The summed E-state index contributed by atoms with van der Waals surface area (Å²) in [5.74, 6) is -0.906. The smallest absolute Gasteiger partial charge is 0.303 e. The lowest BCUT2D eigenvalue weighted by Gasteiger charge is -2.07. The lowest BCUT2D eigenvalue weighted by Crippen LogP contribution is -2.33. The second kappa shape index (κ2) is 3.53. The van der Waals surface area contributed by atoms with Gasteiger partial charge in [0.1, 0.15) is 0 Å². The average Bonchev–Trinajstić information content (AvgIpc) is 2.28. The van der Waals surface area contributed by atoms with Crippen LogP contribution < -0.4 is 10.6 Å². The third-order valence-corrected chi connectivity index (χ3v) is 1.81. The van der Waals surface area contributed by atoms with E-state index in [1.165, 1.54) is 0 Å². The molecule has 3 N–H and O–H groups in total. The topological polar surface area (TPSA) is 78.4 Å². The van der Waals surface area contributed by atoms with Crippen molar-refractivity contribution in [1.29, 1.82) is 0 Å². The molecule has 0 spiro atoms. The summed E-state index contributed by atoms with van der Waals surface area (Å²) in [4.78, 5) is 21.1. The van der Waals surface area contributed by atoms with Gasteiger partial charge in [-0.05, 0) is 13.3 Å². The molecule has 1 aliphatic heterocycles. The van der Waals surface area contributed by atoms with Crippen molar-refractivity contribution in [3.05, 3.63) is 0 Å². The molecular weight excluding hydrogens is 160 g/mol. The van der Waals surface area contributed by atoms with E-state index in [1.807, 2.05) is 0 Å². The molecule has 0 aromatic heterocycles. The van der Waals surface area contributed by atoms with Crippen LogP contribution in [0.15, 0.2) is 0 Å². The number of carboxylic acids is 1. The summed E-state index contributed by atoms with van der Waals surface area (Å²) in [6.45, 7) is 1.75. The fraction of sp³-hybridized carbons (Fsp3) is 0.714. The molecule has 0 radical (unpaired) electrons. The Kier molecular flexibility index (Phi) is 2.65. The van der Waals surface area contributed by atoms with Crippen LogP contribution in [0.25, 0.3) is 0 Å². The van der Waals surface area contributed by atoms with Crippen LogP contribution in [0.1, 0.15) is 19.8 Å². The van der Waals surface area contributed by atoms with Gasteiger partial charge in [0.15, 0.2) is 0 Å². The number of hydrogen-bond donors (Lipinski definition) is 3. The normalized spacial score (nSPS) is 28.6. The molecule has 5 heteroatoms. The van der Waals surface area contributed by atoms with Crippen molar-refractivity contribution in [1.82, 2.24) is 10.6 Å². The molecule has 0 aromatic rings. The van der Waals surface area contributed by atoms with E-state index in [2.05, 4.69) is 10.6 Å². The van der Waals surface area contributed by atoms with Crippen molar-refractivity contribution in [2.75, 3.05) is 0 Å². The van der Waals surface area contributed by atoms with Gasteiger partial charge in [-0.2, -0.15) is 0 Å². The Bertz CT molecular complexity index is 205. The lowest BCUT2D eigenvalue weighted by molar-refractivity contribution is -0.137. The standard InChI is InChI=1S/C7H12N2O3/c1-4-7(12)9-5(8-4)2-3-6(10)11/h4-5,8H,2-3H2,1H3,(H,9,12)(H,10,11)/t4-,5?/m0/s1. The second-order valence-corrected chi connectivity index (χ2v) is 2.88. The van der Waals surface area contributed by atoms with E-state index in [1.54, 1.807) is 6.92 Å². The number of aliphatic carboxylic acids is 1. The highest BCUT2D eigenvalue weighted by atomic mass is 16.4. The molecule has 1 heterocycles. The van der Waals surface area contributed by atoms with Gasteiger partial charge in [-0.1, -0.05) is 0 Å². The number of carbonyl (C=O) groups excluding carboxylic acids is 1. The molecule has 1 aliphatic rings. The van der Waals surface area contributed by atoms with Gasteiger partial charge in [-0.15, -0.1) is 0 Å². The van der Waals surface area contributed by atoms with Crippen LogP contribution in [0.4, 0.5) is 0 Å². The Labute approximate surface area is 70.1 Å². The number of carboxylic acid groups (broad SMARTS) is 1. The Balaban J connectivity index is 2.28. The lowest BCUT2D eigenvalue weighted by atomic mass is 10.2. The minimum atomic E-state index is -0.842. The van der Waals surface area contributed by atoms with Crippen molar-refractivity contribution in [2.45, 2.75) is 32.0 Å². The minimum Gasteiger partial charge on any atom is -0.481 e. The average molecular weight is 172 g/mol. The van der Waals surface area contributed by atoms with Gasteiger partial charge in [0, 0.05) is 6.42 Å². The number of rotatable bonds is 3. The van der Waals surface area contributed by atoms with E-state index >= 15 is 0 Å². The van der Waals surface area contributed by atoms with E-state index in [-0.39, 0.29) is 24.5 Å². The van der Waals surface area contributed by atoms with Crippen molar-refractivity contribution < 1.29 is 14.7 Å². The Morgan fingerprint density at radius 2 is 2.33 bits per heavy atom. The monoisotopic (exact) mass is 172 g/mol. The molecule has 5 nitrogen and oxygen atoms in total. The zero-order valence-electron chi connectivity index (χ0n) is 6.83. The summed E-state index contributed by atoms with van der Waals surface area (Å²) in [6, 6.07) is -0.205. The largest absolute Gasteiger partial charge is 0.481 e. The first-order valence-electron chi connectivity index (χ1n) is 3.88. The molecule has 2 atom stereocenters. The molecule has 1 amide bonds. The molecule has 1 rings (SSSR count).